The van der Waals surface area contributed by atoms with Crippen molar-refractivity contribution in [3.8, 4) is 0 Å². The molecule has 2 aromatic heterocycles. The Morgan fingerprint density at radius 1 is 1.40 bits per heavy atom. The molecule has 0 aliphatic carbocycles. The average Bonchev–Trinajstić information content (AvgIpc) is 2.89. The van der Waals surface area contributed by atoms with Crippen molar-refractivity contribution >= 4 is 16.9 Å². The van der Waals surface area contributed by atoms with Crippen LogP contribution in [0.3, 0.4) is 0 Å². The molecular formula is C15H18N4O. The molecule has 1 aliphatic heterocycles. The van der Waals surface area contributed by atoms with Gasteiger partial charge in [-0.2, -0.15) is 5.10 Å². The first-order valence-corrected chi connectivity index (χ1v) is 6.95. The van der Waals surface area contributed by atoms with Crippen LogP contribution < -0.4 is 0 Å². The quantitative estimate of drug-likeness (QED) is 0.800. The van der Waals surface area contributed by atoms with Crippen molar-refractivity contribution in [2.75, 3.05) is 13.1 Å². The number of aromatic nitrogens is 3. The van der Waals surface area contributed by atoms with Crippen LogP contribution in [-0.4, -0.2) is 38.7 Å². The van der Waals surface area contributed by atoms with Crippen LogP contribution in [0, 0.1) is 5.92 Å². The molecule has 0 bridgehead atoms. The number of hydrogen-bond acceptors (Lipinski definition) is 3. The Bertz CT molecular complexity index is 593. The number of piperidine rings is 1. The van der Waals surface area contributed by atoms with Gasteiger partial charge in [0.05, 0.1) is 6.20 Å². The first kappa shape index (κ1) is 12.8. The predicted molar refractivity (Wildman–Crippen MR) is 77.0 cm³/mol. The first-order chi connectivity index (χ1) is 9.76. The smallest absolute Gasteiger partial charge is 0.244 e. The van der Waals surface area contributed by atoms with E-state index in [1.54, 1.807) is 10.9 Å². The number of likely N-dealkylation sites (tertiary alicyclic amines) is 1. The Labute approximate surface area is 117 Å². The van der Waals surface area contributed by atoms with Crippen LogP contribution in [0.25, 0.3) is 11.0 Å². The number of carbonyl (C=O) groups is 1. The van der Waals surface area contributed by atoms with E-state index in [0.29, 0.717) is 5.92 Å². The Morgan fingerprint density at radius 2 is 2.20 bits per heavy atom. The lowest BCUT2D eigenvalue weighted by Crippen LogP contribution is -2.40. The molecule has 5 nitrogen and oxygen atoms in total. The van der Waals surface area contributed by atoms with Gasteiger partial charge in [0, 0.05) is 19.3 Å². The zero-order valence-electron chi connectivity index (χ0n) is 11.4. The molecule has 0 N–H and O–H groups in total. The number of hydrogen-bond donors (Lipinski definition) is 0. The first-order valence-electron chi connectivity index (χ1n) is 6.95. The minimum Gasteiger partial charge on any atom is -0.341 e. The maximum absolute atomic E-state index is 12.3. The van der Waals surface area contributed by atoms with E-state index < -0.39 is 0 Å². The third-order valence-corrected chi connectivity index (χ3v) is 3.85. The lowest BCUT2D eigenvalue weighted by atomic mass is 9.97. The second-order valence-corrected chi connectivity index (χ2v) is 5.19. The van der Waals surface area contributed by atoms with Gasteiger partial charge < -0.3 is 4.90 Å². The molecule has 0 radical (unpaired) electrons. The number of nitrogens with zero attached hydrogens (tertiary/aromatic N) is 4. The zero-order chi connectivity index (χ0) is 13.9. The SMILES string of the molecule is C=CC1CCN(C(=O)Cn2cc3ncccc3n2)CC1. The van der Waals surface area contributed by atoms with Crippen molar-refractivity contribution in [3.63, 3.8) is 0 Å². The fraction of sp³-hybridized carbons (Fsp3) is 0.400. The van der Waals surface area contributed by atoms with Gasteiger partial charge in [0.25, 0.3) is 0 Å². The molecule has 3 rings (SSSR count). The van der Waals surface area contributed by atoms with E-state index in [-0.39, 0.29) is 12.5 Å². The molecule has 1 aliphatic rings. The Balaban J connectivity index is 1.65. The topological polar surface area (TPSA) is 51.0 Å². The third-order valence-electron chi connectivity index (χ3n) is 3.85. The molecule has 0 atom stereocenters. The van der Waals surface area contributed by atoms with Gasteiger partial charge in [-0.05, 0) is 30.9 Å². The Hall–Kier alpha value is -2.17. The maximum Gasteiger partial charge on any atom is 0.244 e. The predicted octanol–water partition coefficient (Wildman–Crippen LogP) is 1.86. The molecule has 0 unspecified atom stereocenters. The van der Waals surface area contributed by atoms with Crippen LogP contribution in [-0.2, 0) is 11.3 Å². The van der Waals surface area contributed by atoms with Crippen molar-refractivity contribution in [2.24, 2.45) is 5.92 Å². The van der Waals surface area contributed by atoms with Gasteiger partial charge in [0.15, 0.2) is 0 Å². The Kier molecular flexibility index (Phi) is 3.50. The molecule has 1 amide bonds. The molecule has 0 spiro atoms. The van der Waals surface area contributed by atoms with Crippen LogP contribution in [0.1, 0.15) is 12.8 Å². The monoisotopic (exact) mass is 270 g/mol. The van der Waals surface area contributed by atoms with Gasteiger partial charge in [-0.3, -0.25) is 14.5 Å². The second kappa shape index (κ2) is 5.45. The number of fused-ring (bicyclic) bond motifs is 1. The third kappa shape index (κ3) is 2.57. The highest BCUT2D eigenvalue weighted by Gasteiger charge is 2.21. The van der Waals surface area contributed by atoms with Crippen molar-refractivity contribution in [2.45, 2.75) is 19.4 Å². The zero-order valence-corrected chi connectivity index (χ0v) is 11.4. The van der Waals surface area contributed by atoms with Gasteiger partial charge in [-0.25, -0.2) is 0 Å². The van der Waals surface area contributed by atoms with Crippen LogP contribution in [0.2, 0.25) is 0 Å². The van der Waals surface area contributed by atoms with E-state index in [9.17, 15) is 4.79 Å². The van der Waals surface area contributed by atoms with Gasteiger partial charge in [0.1, 0.15) is 17.6 Å². The lowest BCUT2D eigenvalue weighted by molar-refractivity contribution is -0.133. The molecule has 1 fully saturated rings. The summed E-state index contributed by atoms with van der Waals surface area (Å²) in [6.45, 7) is 5.74. The summed E-state index contributed by atoms with van der Waals surface area (Å²) >= 11 is 0. The van der Waals surface area contributed by atoms with Crippen molar-refractivity contribution < 1.29 is 4.79 Å². The lowest BCUT2D eigenvalue weighted by Gasteiger charge is -2.30. The summed E-state index contributed by atoms with van der Waals surface area (Å²) in [4.78, 5) is 18.4. The highest BCUT2D eigenvalue weighted by molar-refractivity contribution is 5.77. The van der Waals surface area contributed by atoms with Crippen molar-refractivity contribution in [1.29, 1.82) is 0 Å². The highest BCUT2D eigenvalue weighted by Crippen LogP contribution is 2.18. The molecule has 1 saturated heterocycles. The van der Waals surface area contributed by atoms with Crippen molar-refractivity contribution in [1.82, 2.24) is 19.7 Å². The van der Waals surface area contributed by atoms with Crippen LogP contribution in [0.4, 0.5) is 0 Å². The number of amides is 1. The van der Waals surface area contributed by atoms with E-state index >= 15 is 0 Å². The molecule has 3 heterocycles. The van der Waals surface area contributed by atoms with E-state index in [4.69, 9.17) is 0 Å². The van der Waals surface area contributed by atoms with E-state index in [0.717, 1.165) is 37.0 Å². The van der Waals surface area contributed by atoms with Gasteiger partial charge in [0.2, 0.25) is 5.91 Å². The summed E-state index contributed by atoms with van der Waals surface area (Å²) < 4.78 is 1.68. The van der Waals surface area contributed by atoms with E-state index in [1.807, 2.05) is 29.3 Å². The summed E-state index contributed by atoms with van der Waals surface area (Å²) in [5, 5.41) is 4.37. The summed E-state index contributed by atoms with van der Waals surface area (Å²) in [6.07, 6.45) is 7.57. The molecule has 2 aromatic rings. The van der Waals surface area contributed by atoms with Crippen molar-refractivity contribution in [3.05, 3.63) is 37.2 Å². The summed E-state index contributed by atoms with van der Waals surface area (Å²) in [6, 6.07) is 3.75. The normalized spacial score (nSPS) is 16.5. The molecule has 0 saturated carbocycles. The molecule has 104 valence electrons. The number of rotatable bonds is 3. The van der Waals surface area contributed by atoms with Gasteiger partial charge in [-0.1, -0.05) is 6.08 Å². The average molecular weight is 270 g/mol. The number of carbonyl (C=O) groups excluding carboxylic acids is 1. The molecule has 0 aromatic carbocycles. The summed E-state index contributed by atoms with van der Waals surface area (Å²) in [7, 11) is 0. The van der Waals surface area contributed by atoms with Crippen LogP contribution >= 0.6 is 0 Å². The maximum atomic E-state index is 12.3. The summed E-state index contributed by atoms with van der Waals surface area (Å²) in [5.74, 6) is 0.677. The minimum atomic E-state index is 0.125. The molecular weight excluding hydrogens is 252 g/mol. The Morgan fingerprint density at radius 3 is 2.90 bits per heavy atom. The minimum absolute atomic E-state index is 0.125. The highest BCUT2D eigenvalue weighted by atomic mass is 16.2. The number of pyridine rings is 1. The fourth-order valence-electron chi connectivity index (χ4n) is 2.61. The second-order valence-electron chi connectivity index (χ2n) is 5.19. The largest absolute Gasteiger partial charge is 0.341 e. The van der Waals surface area contributed by atoms with E-state index in [2.05, 4.69) is 16.7 Å². The fourth-order valence-corrected chi connectivity index (χ4v) is 2.61. The van der Waals surface area contributed by atoms with Gasteiger partial charge >= 0.3 is 0 Å². The molecule has 20 heavy (non-hydrogen) atoms. The standard InChI is InChI=1S/C15H18N4O/c1-2-12-5-8-18(9-6-12)15(20)11-19-10-14-13(17-19)4-3-7-16-14/h2-4,7,10,12H,1,5-6,8-9,11H2. The van der Waals surface area contributed by atoms with Crippen LogP contribution in [0.5, 0.6) is 0 Å². The van der Waals surface area contributed by atoms with Gasteiger partial charge in [-0.15, -0.1) is 6.58 Å². The van der Waals surface area contributed by atoms with Crippen LogP contribution in [0.15, 0.2) is 37.2 Å². The number of allylic oxidation sites excluding steroid dienone is 1. The summed E-state index contributed by atoms with van der Waals surface area (Å²) in [5.41, 5.74) is 1.65. The van der Waals surface area contributed by atoms with E-state index in [1.165, 1.54) is 0 Å². The molecule has 5 heteroatoms.